The van der Waals surface area contributed by atoms with Crippen LogP contribution in [0, 0.1) is 5.82 Å². The smallest absolute Gasteiger partial charge is 0.321 e. The molecule has 1 fully saturated rings. The predicted octanol–water partition coefficient (Wildman–Crippen LogP) is 4.18. The Morgan fingerprint density at radius 3 is 2.71 bits per heavy atom. The maximum atomic E-state index is 13.7. The number of carbonyl (C=O) groups excluding carboxylic acids is 2. The minimum atomic E-state index is -0.234. The van der Waals surface area contributed by atoms with Gasteiger partial charge in [-0.05, 0) is 66.6 Å². The summed E-state index contributed by atoms with van der Waals surface area (Å²) in [5.41, 5.74) is 3.92. The minimum absolute atomic E-state index is 0.0727. The molecule has 4 amide bonds. The van der Waals surface area contributed by atoms with Crippen LogP contribution in [-0.2, 0) is 6.42 Å². The number of rotatable bonds is 3. The maximum absolute atomic E-state index is 13.7. The fraction of sp³-hybridized carbons (Fsp3) is 0.417. The van der Waals surface area contributed by atoms with Gasteiger partial charge >= 0.3 is 12.1 Å². The van der Waals surface area contributed by atoms with Crippen molar-refractivity contribution in [3.63, 3.8) is 0 Å². The number of carbonyl (C=O) groups is 2. The number of nitrogens with one attached hydrogen (secondary N) is 2. The number of urea groups is 2. The third-order valence-electron chi connectivity index (χ3n) is 6.20. The van der Waals surface area contributed by atoms with Crippen LogP contribution in [0.15, 0.2) is 42.5 Å². The van der Waals surface area contributed by atoms with E-state index in [1.807, 2.05) is 49.1 Å². The van der Waals surface area contributed by atoms with Crippen LogP contribution in [0.25, 0.3) is 0 Å². The summed E-state index contributed by atoms with van der Waals surface area (Å²) < 4.78 is 13.7. The van der Waals surface area contributed by atoms with Crippen LogP contribution in [0.5, 0.6) is 0 Å². The van der Waals surface area contributed by atoms with E-state index >= 15 is 0 Å². The van der Waals surface area contributed by atoms with Crippen molar-refractivity contribution in [3.05, 3.63) is 65.0 Å². The van der Waals surface area contributed by atoms with Crippen LogP contribution in [0.3, 0.4) is 0 Å². The Labute approximate surface area is 182 Å². The Hall–Kier alpha value is -3.09. The van der Waals surface area contributed by atoms with Crippen LogP contribution in [0.2, 0.25) is 0 Å². The zero-order chi connectivity index (χ0) is 22.0. The van der Waals surface area contributed by atoms with Crippen LogP contribution >= 0.6 is 0 Å². The Bertz CT molecular complexity index is 963. The number of anilines is 1. The SMILES string of the molecule is CC1CN(C(=O)NC(C)c2ccc(N3CCCNC3=O)cc2)CCc2ccc(F)cc21. The van der Waals surface area contributed by atoms with Crippen molar-refractivity contribution in [1.82, 2.24) is 15.5 Å². The third kappa shape index (κ3) is 4.65. The van der Waals surface area contributed by atoms with E-state index in [2.05, 4.69) is 10.6 Å². The number of halogens is 1. The van der Waals surface area contributed by atoms with Crippen molar-refractivity contribution < 1.29 is 14.0 Å². The zero-order valence-electron chi connectivity index (χ0n) is 18.0. The molecule has 0 bridgehead atoms. The molecule has 2 N–H and O–H groups in total. The molecule has 2 aromatic rings. The van der Waals surface area contributed by atoms with Gasteiger partial charge in [0.05, 0.1) is 6.04 Å². The van der Waals surface area contributed by atoms with Crippen LogP contribution in [0.1, 0.15) is 48.9 Å². The minimum Gasteiger partial charge on any atom is -0.338 e. The molecule has 1 saturated heterocycles. The quantitative estimate of drug-likeness (QED) is 0.777. The number of hydrogen-bond donors (Lipinski definition) is 2. The van der Waals surface area contributed by atoms with E-state index < -0.39 is 0 Å². The van der Waals surface area contributed by atoms with Crippen molar-refractivity contribution in [2.75, 3.05) is 31.1 Å². The van der Waals surface area contributed by atoms with Gasteiger partial charge in [0.1, 0.15) is 5.82 Å². The standard InChI is InChI=1S/C24H29FN4O2/c1-16-15-28(13-10-19-4-7-20(25)14-22(16)19)24(31)27-17(2)18-5-8-21(9-6-18)29-12-3-11-26-23(29)30/h4-9,14,16-17H,3,10-13,15H2,1-2H3,(H,26,30)(H,27,31). The number of hydrogen-bond acceptors (Lipinski definition) is 2. The molecule has 4 rings (SSSR count). The molecule has 164 valence electrons. The summed E-state index contributed by atoms with van der Waals surface area (Å²) in [5.74, 6) is -0.160. The monoisotopic (exact) mass is 424 g/mol. The van der Waals surface area contributed by atoms with E-state index in [1.165, 1.54) is 6.07 Å². The van der Waals surface area contributed by atoms with E-state index in [0.717, 1.165) is 28.8 Å². The summed E-state index contributed by atoms with van der Waals surface area (Å²) in [7, 11) is 0. The molecule has 2 aliphatic rings. The Balaban J connectivity index is 1.39. The van der Waals surface area contributed by atoms with Gasteiger partial charge in [-0.15, -0.1) is 0 Å². The zero-order valence-corrected chi connectivity index (χ0v) is 18.0. The van der Waals surface area contributed by atoms with Crippen molar-refractivity contribution in [2.45, 2.75) is 38.6 Å². The van der Waals surface area contributed by atoms with E-state index in [1.54, 1.807) is 11.0 Å². The van der Waals surface area contributed by atoms with Gasteiger partial charge in [0.25, 0.3) is 0 Å². The number of benzene rings is 2. The lowest BCUT2D eigenvalue weighted by Crippen LogP contribution is -2.46. The summed E-state index contributed by atoms with van der Waals surface area (Å²) in [6.45, 7) is 6.56. The highest BCUT2D eigenvalue weighted by Crippen LogP contribution is 2.27. The van der Waals surface area contributed by atoms with Gasteiger partial charge in [-0.1, -0.05) is 25.1 Å². The topological polar surface area (TPSA) is 64.7 Å². The number of amides is 4. The van der Waals surface area contributed by atoms with E-state index in [4.69, 9.17) is 0 Å². The maximum Gasteiger partial charge on any atom is 0.321 e. The van der Waals surface area contributed by atoms with E-state index in [-0.39, 0.29) is 29.8 Å². The molecular formula is C24H29FN4O2. The van der Waals surface area contributed by atoms with Gasteiger partial charge in [-0.25, -0.2) is 14.0 Å². The lowest BCUT2D eigenvalue weighted by Gasteiger charge is -2.28. The molecule has 2 unspecified atom stereocenters. The van der Waals surface area contributed by atoms with Crippen LogP contribution < -0.4 is 15.5 Å². The summed E-state index contributed by atoms with van der Waals surface area (Å²) >= 11 is 0. The number of fused-ring (bicyclic) bond motifs is 1. The van der Waals surface area contributed by atoms with Crippen molar-refractivity contribution in [3.8, 4) is 0 Å². The highest BCUT2D eigenvalue weighted by atomic mass is 19.1. The molecule has 0 radical (unpaired) electrons. The Morgan fingerprint density at radius 1 is 1.19 bits per heavy atom. The largest absolute Gasteiger partial charge is 0.338 e. The van der Waals surface area contributed by atoms with Gasteiger partial charge in [0, 0.05) is 31.9 Å². The Kier molecular flexibility index (Phi) is 6.11. The fourth-order valence-electron chi connectivity index (χ4n) is 4.39. The number of nitrogens with zero attached hydrogens (tertiary/aromatic N) is 2. The van der Waals surface area contributed by atoms with Gasteiger partial charge in [-0.3, -0.25) is 4.90 Å². The first-order valence-corrected chi connectivity index (χ1v) is 10.9. The molecule has 0 aromatic heterocycles. The molecule has 6 nitrogen and oxygen atoms in total. The van der Waals surface area contributed by atoms with Gasteiger partial charge in [0.2, 0.25) is 0 Å². The van der Waals surface area contributed by atoms with E-state index in [0.29, 0.717) is 32.6 Å². The molecule has 2 aromatic carbocycles. The van der Waals surface area contributed by atoms with Crippen LogP contribution in [0.4, 0.5) is 19.7 Å². The molecule has 0 aliphatic carbocycles. The van der Waals surface area contributed by atoms with Gasteiger partial charge in [-0.2, -0.15) is 0 Å². The second kappa shape index (κ2) is 8.96. The highest BCUT2D eigenvalue weighted by molar-refractivity contribution is 5.92. The lowest BCUT2D eigenvalue weighted by atomic mass is 9.95. The van der Waals surface area contributed by atoms with Crippen molar-refractivity contribution in [1.29, 1.82) is 0 Å². The molecule has 0 spiro atoms. The molecule has 7 heteroatoms. The summed E-state index contributed by atoms with van der Waals surface area (Å²) in [5, 5.41) is 5.93. The average molecular weight is 425 g/mol. The molecule has 2 heterocycles. The van der Waals surface area contributed by atoms with Crippen molar-refractivity contribution in [2.24, 2.45) is 0 Å². The molecule has 2 atom stereocenters. The van der Waals surface area contributed by atoms with Gasteiger partial charge < -0.3 is 15.5 Å². The predicted molar refractivity (Wildman–Crippen MR) is 119 cm³/mol. The van der Waals surface area contributed by atoms with Crippen molar-refractivity contribution >= 4 is 17.7 Å². The van der Waals surface area contributed by atoms with E-state index in [9.17, 15) is 14.0 Å². The first kappa shape index (κ1) is 21.2. The summed E-state index contributed by atoms with van der Waals surface area (Å²) in [6.07, 6.45) is 1.64. The lowest BCUT2D eigenvalue weighted by molar-refractivity contribution is 0.194. The molecular weight excluding hydrogens is 395 g/mol. The Morgan fingerprint density at radius 2 is 1.97 bits per heavy atom. The second-order valence-corrected chi connectivity index (χ2v) is 8.44. The first-order chi connectivity index (χ1) is 14.9. The molecule has 0 saturated carbocycles. The fourth-order valence-corrected chi connectivity index (χ4v) is 4.39. The molecule has 31 heavy (non-hydrogen) atoms. The third-order valence-corrected chi connectivity index (χ3v) is 6.20. The normalized spacial score (nSPS) is 19.8. The van der Waals surface area contributed by atoms with Crippen LogP contribution in [-0.4, -0.2) is 43.1 Å². The first-order valence-electron chi connectivity index (χ1n) is 10.9. The van der Waals surface area contributed by atoms with Gasteiger partial charge in [0.15, 0.2) is 0 Å². The average Bonchev–Trinajstić information content (AvgIpc) is 2.93. The second-order valence-electron chi connectivity index (χ2n) is 8.44. The highest BCUT2D eigenvalue weighted by Gasteiger charge is 2.25. The molecule has 2 aliphatic heterocycles. The summed E-state index contributed by atoms with van der Waals surface area (Å²) in [4.78, 5) is 28.5. The summed E-state index contributed by atoms with van der Waals surface area (Å²) in [6, 6.07) is 12.3.